The van der Waals surface area contributed by atoms with Gasteiger partial charge in [-0.1, -0.05) is 139 Å². The van der Waals surface area contributed by atoms with E-state index in [-0.39, 0.29) is 0 Å². The van der Waals surface area contributed by atoms with E-state index in [4.69, 9.17) is 0 Å². The Hall–Kier alpha value is -2.64. The van der Waals surface area contributed by atoms with E-state index in [1.54, 1.807) is 49.3 Å². The second-order valence-electron chi connectivity index (χ2n) is 14.1. The molecule has 2 atom stereocenters. The minimum atomic E-state index is -2.32. The maximum Gasteiger partial charge on any atom is 0.127 e. The molecule has 0 nitrogen and oxygen atoms in total. The molecule has 2 aliphatic rings. The SMILES string of the molecule is CC1=Cc2cc(C(C)C)cc(C(C)C)c2C1[Si](C)(C1=C(C)Cc2cc(C(C)C)cc(C(C)C)c21)c1ccccc1. The van der Waals surface area contributed by atoms with Gasteiger partial charge in [0.25, 0.3) is 0 Å². The van der Waals surface area contributed by atoms with E-state index in [9.17, 15) is 0 Å². The summed E-state index contributed by atoms with van der Waals surface area (Å²) in [6.07, 6.45) is 3.63. The van der Waals surface area contributed by atoms with Crippen molar-refractivity contribution in [1.29, 1.82) is 0 Å². The maximum absolute atomic E-state index is 2.70. The minimum absolute atomic E-state index is 0.434. The lowest BCUT2D eigenvalue weighted by molar-refractivity contribution is 0.817. The molecule has 5 rings (SSSR count). The Labute approximate surface area is 245 Å². The van der Waals surface area contributed by atoms with Crippen LogP contribution in [0.15, 0.2) is 65.7 Å². The molecule has 1 heteroatoms. The molecule has 3 aromatic carbocycles. The van der Waals surface area contributed by atoms with Crippen molar-refractivity contribution in [3.05, 3.63) is 110 Å². The first-order valence-corrected chi connectivity index (χ1v) is 18.2. The highest BCUT2D eigenvalue weighted by Gasteiger charge is 2.50. The highest BCUT2D eigenvalue weighted by Crippen LogP contribution is 2.53. The number of benzene rings is 3. The molecule has 0 saturated carbocycles. The van der Waals surface area contributed by atoms with Crippen LogP contribution in [0.5, 0.6) is 0 Å². The topological polar surface area (TPSA) is 0 Å². The first-order chi connectivity index (χ1) is 18.9. The van der Waals surface area contributed by atoms with Crippen molar-refractivity contribution < 1.29 is 0 Å². The molecule has 40 heavy (non-hydrogen) atoms. The molecule has 0 N–H and O–H groups in total. The van der Waals surface area contributed by atoms with Gasteiger partial charge >= 0.3 is 0 Å². The second kappa shape index (κ2) is 10.6. The summed E-state index contributed by atoms with van der Waals surface area (Å²) >= 11 is 0. The first kappa shape index (κ1) is 28.9. The van der Waals surface area contributed by atoms with Crippen LogP contribution in [0.1, 0.15) is 143 Å². The third-order valence-corrected chi connectivity index (χ3v) is 15.0. The van der Waals surface area contributed by atoms with Gasteiger partial charge in [-0.3, -0.25) is 0 Å². The largest absolute Gasteiger partial charge is 0.127 e. The Morgan fingerprint density at radius 3 is 1.85 bits per heavy atom. The highest BCUT2D eigenvalue weighted by atomic mass is 28.3. The van der Waals surface area contributed by atoms with Crippen molar-refractivity contribution in [3.8, 4) is 0 Å². The van der Waals surface area contributed by atoms with Gasteiger partial charge in [0.05, 0.1) is 0 Å². The molecule has 0 fully saturated rings. The normalized spacial score (nSPS) is 18.2. The lowest BCUT2D eigenvalue weighted by Gasteiger charge is -2.40. The van der Waals surface area contributed by atoms with E-state index >= 15 is 0 Å². The molecule has 0 bridgehead atoms. The summed E-state index contributed by atoms with van der Waals surface area (Å²) in [7, 11) is -2.32. The molecular weight excluding hydrogens is 497 g/mol. The fourth-order valence-electron chi connectivity index (χ4n) is 7.80. The lowest BCUT2D eigenvalue weighted by Crippen LogP contribution is -2.52. The smallest absolute Gasteiger partial charge is 0.0686 e. The number of allylic oxidation sites excluding steroid dienone is 2. The van der Waals surface area contributed by atoms with Crippen LogP contribution in [0.4, 0.5) is 0 Å². The van der Waals surface area contributed by atoms with E-state index in [0.29, 0.717) is 29.2 Å². The molecule has 210 valence electrons. The van der Waals surface area contributed by atoms with Gasteiger partial charge < -0.3 is 0 Å². The Balaban J connectivity index is 1.84. The van der Waals surface area contributed by atoms with Crippen LogP contribution in [0.3, 0.4) is 0 Å². The van der Waals surface area contributed by atoms with Crippen molar-refractivity contribution >= 4 is 24.5 Å². The maximum atomic E-state index is 2.70. The van der Waals surface area contributed by atoms with Crippen LogP contribution in [0.25, 0.3) is 11.3 Å². The minimum Gasteiger partial charge on any atom is -0.0686 e. The molecule has 2 unspecified atom stereocenters. The fourth-order valence-corrected chi connectivity index (χ4v) is 13.3. The van der Waals surface area contributed by atoms with Gasteiger partial charge in [-0.25, -0.2) is 0 Å². The van der Waals surface area contributed by atoms with Crippen molar-refractivity contribution in [2.24, 2.45) is 0 Å². The van der Waals surface area contributed by atoms with E-state index in [2.05, 4.69) is 136 Å². The summed E-state index contributed by atoms with van der Waals surface area (Å²) in [6.45, 7) is 26.5. The summed E-state index contributed by atoms with van der Waals surface area (Å²) in [5, 5.41) is 3.27. The van der Waals surface area contributed by atoms with Gasteiger partial charge in [-0.15, -0.1) is 0 Å². The summed E-state index contributed by atoms with van der Waals surface area (Å²) < 4.78 is 0. The average molecular weight is 547 g/mol. The van der Waals surface area contributed by atoms with Crippen molar-refractivity contribution in [3.63, 3.8) is 0 Å². The predicted octanol–water partition coefficient (Wildman–Crippen LogP) is 10.8. The molecular formula is C39H50Si. The fraction of sp³-hybridized carbons (Fsp3) is 0.436. The molecule has 2 aliphatic carbocycles. The molecule has 0 aliphatic heterocycles. The predicted molar refractivity (Wildman–Crippen MR) is 180 cm³/mol. The van der Waals surface area contributed by atoms with Crippen LogP contribution >= 0.6 is 0 Å². The van der Waals surface area contributed by atoms with Crippen molar-refractivity contribution in [2.75, 3.05) is 0 Å². The van der Waals surface area contributed by atoms with Crippen LogP contribution < -0.4 is 5.19 Å². The van der Waals surface area contributed by atoms with Gasteiger partial charge in [-0.2, -0.15) is 0 Å². The molecule has 0 radical (unpaired) electrons. The zero-order valence-corrected chi connectivity index (χ0v) is 27.9. The first-order valence-electron chi connectivity index (χ1n) is 15.6. The Morgan fingerprint density at radius 1 is 0.700 bits per heavy atom. The van der Waals surface area contributed by atoms with E-state index in [1.807, 2.05) is 0 Å². The van der Waals surface area contributed by atoms with Gasteiger partial charge in [0.1, 0.15) is 8.07 Å². The molecule has 0 heterocycles. The van der Waals surface area contributed by atoms with E-state index < -0.39 is 8.07 Å². The lowest BCUT2D eigenvalue weighted by atomic mass is 9.88. The zero-order chi connectivity index (χ0) is 29.1. The number of hydrogen-bond acceptors (Lipinski definition) is 0. The number of rotatable bonds is 7. The quantitative estimate of drug-likeness (QED) is 0.259. The number of fused-ring (bicyclic) bond motifs is 2. The summed E-state index contributed by atoms with van der Waals surface area (Å²) in [6, 6.07) is 21.8. The van der Waals surface area contributed by atoms with Crippen LogP contribution in [0, 0.1) is 0 Å². The Bertz CT molecular complexity index is 1500. The van der Waals surface area contributed by atoms with Crippen molar-refractivity contribution in [2.45, 2.75) is 111 Å². The van der Waals surface area contributed by atoms with Crippen molar-refractivity contribution in [1.82, 2.24) is 0 Å². The third-order valence-electron chi connectivity index (χ3n) is 9.85. The van der Waals surface area contributed by atoms with Crippen LogP contribution in [-0.2, 0) is 6.42 Å². The van der Waals surface area contributed by atoms with Gasteiger partial charge in [-0.05, 0) is 93.6 Å². The van der Waals surface area contributed by atoms with E-state index in [0.717, 1.165) is 6.42 Å². The standard InChI is InChI=1S/C39H50Si/c1-23(2)29-19-31-17-27(9)38(36(31)34(21-29)25(5)6)40(11,33-15-13-12-14-16-33)39-28(10)18-32-20-30(24(3)4)22-35(26(7)8)37(32)39/h12-17,19-26,38H,18H2,1-11H3. The summed E-state index contributed by atoms with van der Waals surface area (Å²) in [5.74, 6) is 2.06. The van der Waals surface area contributed by atoms with E-state index in [1.165, 1.54) is 16.7 Å². The highest BCUT2D eigenvalue weighted by molar-refractivity contribution is 7.07. The third kappa shape index (κ3) is 4.59. The van der Waals surface area contributed by atoms with Gasteiger partial charge in [0.15, 0.2) is 0 Å². The monoisotopic (exact) mass is 546 g/mol. The van der Waals surface area contributed by atoms with Gasteiger partial charge in [0, 0.05) is 5.54 Å². The molecule has 0 amide bonds. The van der Waals surface area contributed by atoms with Gasteiger partial charge in [0.2, 0.25) is 0 Å². The Kier molecular flexibility index (Phi) is 7.68. The second-order valence-corrected chi connectivity index (χ2v) is 18.2. The molecule has 0 spiro atoms. The van der Waals surface area contributed by atoms with Crippen LogP contribution in [-0.4, -0.2) is 8.07 Å². The molecule has 0 saturated heterocycles. The Morgan fingerprint density at radius 2 is 1.27 bits per heavy atom. The molecule has 3 aromatic rings. The summed E-state index contributed by atoms with van der Waals surface area (Å²) in [5.41, 5.74) is 15.9. The number of hydrogen-bond donors (Lipinski definition) is 0. The van der Waals surface area contributed by atoms with Crippen LogP contribution in [0.2, 0.25) is 6.55 Å². The summed E-state index contributed by atoms with van der Waals surface area (Å²) in [4.78, 5) is 0. The molecule has 0 aromatic heterocycles. The zero-order valence-electron chi connectivity index (χ0n) is 26.9. The average Bonchev–Trinajstić information content (AvgIpc) is 3.42.